The molecule has 0 amide bonds. The van der Waals surface area contributed by atoms with Crippen molar-refractivity contribution >= 4 is 16.2 Å². The molecule has 2 saturated heterocycles. The molecule has 2 N–H and O–H groups in total. The van der Waals surface area contributed by atoms with E-state index in [9.17, 15) is 18.3 Å². The summed E-state index contributed by atoms with van der Waals surface area (Å²) in [4.78, 5) is 13.8. The van der Waals surface area contributed by atoms with Gasteiger partial charge in [-0.15, -0.1) is 0 Å². The Morgan fingerprint density at radius 3 is 2.22 bits per heavy atom. The van der Waals surface area contributed by atoms with Gasteiger partial charge in [-0.05, 0) is 19.8 Å². The Balaban J connectivity index is 1.63. The SMILES string of the molecule is CC1OC1N1CCN(S(=O)(=O)NC2(C(=O)O)CCCCC2)CC1. The molecule has 1 aliphatic carbocycles. The van der Waals surface area contributed by atoms with Crippen molar-refractivity contribution in [2.45, 2.75) is 56.9 Å². The molecule has 0 aromatic rings. The Morgan fingerprint density at radius 1 is 1.17 bits per heavy atom. The third-order valence-corrected chi connectivity index (χ3v) is 6.79. The number of ether oxygens (including phenoxy) is 1. The van der Waals surface area contributed by atoms with Gasteiger partial charge in [0.2, 0.25) is 0 Å². The lowest BCUT2D eigenvalue weighted by molar-refractivity contribution is -0.145. The molecule has 0 radical (unpaired) electrons. The Bertz CT molecular complexity index is 553. The maximum absolute atomic E-state index is 12.6. The monoisotopic (exact) mass is 347 g/mol. The average Bonchev–Trinajstić information content (AvgIpc) is 3.25. The molecular weight excluding hydrogens is 322 g/mol. The van der Waals surface area contributed by atoms with Gasteiger partial charge in [0, 0.05) is 26.2 Å². The highest BCUT2D eigenvalue weighted by molar-refractivity contribution is 7.87. The van der Waals surface area contributed by atoms with Crippen molar-refractivity contribution in [1.29, 1.82) is 0 Å². The normalized spacial score (nSPS) is 32.6. The molecule has 2 unspecified atom stereocenters. The summed E-state index contributed by atoms with van der Waals surface area (Å²) in [6.07, 6.45) is 3.46. The van der Waals surface area contributed by atoms with Crippen molar-refractivity contribution in [3.63, 3.8) is 0 Å². The predicted molar refractivity (Wildman–Crippen MR) is 83.0 cm³/mol. The number of hydrogen-bond donors (Lipinski definition) is 2. The second kappa shape index (κ2) is 6.29. The lowest BCUT2D eigenvalue weighted by Crippen LogP contribution is -2.61. The van der Waals surface area contributed by atoms with Crippen LogP contribution in [-0.2, 0) is 19.7 Å². The molecule has 9 heteroatoms. The standard InChI is InChI=1S/C14H25N3O5S/c1-11-12(22-11)16-7-9-17(10-8-16)23(20,21)15-14(13(18)19)5-3-2-4-6-14/h11-12,15H,2-10H2,1H3,(H,18,19). The van der Waals surface area contributed by atoms with Crippen molar-refractivity contribution in [1.82, 2.24) is 13.9 Å². The summed E-state index contributed by atoms with van der Waals surface area (Å²) in [6, 6.07) is 0. The van der Waals surface area contributed by atoms with Crippen molar-refractivity contribution in [3.05, 3.63) is 0 Å². The van der Waals surface area contributed by atoms with E-state index in [2.05, 4.69) is 9.62 Å². The summed E-state index contributed by atoms with van der Waals surface area (Å²) in [5.74, 6) is -1.07. The minimum absolute atomic E-state index is 0.108. The van der Waals surface area contributed by atoms with Gasteiger partial charge in [0.05, 0.1) is 6.10 Å². The van der Waals surface area contributed by atoms with Crippen molar-refractivity contribution in [3.8, 4) is 0 Å². The topological polar surface area (TPSA) is 102 Å². The third-order valence-electron chi connectivity index (χ3n) is 5.09. The maximum atomic E-state index is 12.6. The predicted octanol–water partition coefficient (Wildman–Crippen LogP) is -0.0293. The molecule has 0 aromatic heterocycles. The fourth-order valence-corrected chi connectivity index (χ4v) is 5.14. The first-order chi connectivity index (χ1) is 10.8. The Kier molecular flexibility index (Phi) is 4.67. The Morgan fingerprint density at radius 2 is 1.74 bits per heavy atom. The van der Waals surface area contributed by atoms with E-state index in [1.807, 2.05) is 6.92 Å². The van der Waals surface area contributed by atoms with Crippen LogP contribution < -0.4 is 4.72 Å². The molecule has 3 rings (SSSR count). The summed E-state index contributed by atoms with van der Waals surface area (Å²) in [6.45, 7) is 3.93. The summed E-state index contributed by atoms with van der Waals surface area (Å²) in [5, 5.41) is 9.53. The molecule has 3 aliphatic rings. The Labute approximate surface area is 137 Å². The van der Waals surface area contributed by atoms with Gasteiger partial charge in [0.25, 0.3) is 10.2 Å². The number of rotatable bonds is 5. The van der Waals surface area contributed by atoms with Crippen LogP contribution in [-0.4, -0.2) is 72.7 Å². The minimum atomic E-state index is -3.79. The molecule has 8 nitrogen and oxygen atoms in total. The second-order valence-corrected chi connectivity index (χ2v) is 8.39. The van der Waals surface area contributed by atoms with E-state index in [0.717, 1.165) is 19.3 Å². The molecule has 2 atom stereocenters. The highest BCUT2D eigenvalue weighted by Gasteiger charge is 2.46. The maximum Gasteiger partial charge on any atom is 0.324 e. The number of carboxylic acids is 1. The minimum Gasteiger partial charge on any atom is -0.480 e. The van der Waals surface area contributed by atoms with Crippen LogP contribution in [0.5, 0.6) is 0 Å². The zero-order valence-electron chi connectivity index (χ0n) is 13.4. The van der Waals surface area contributed by atoms with Crippen LogP contribution in [0.4, 0.5) is 0 Å². The smallest absolute Gasteiger partial charge is 0.324 e. The van der Waals surface area contributed by atoms with E-state index < -0.39 is 21.7 Å². The molecule has 1 saturated carbocycles. The van der Waals surface area contributed by atoms with Gasteiger partial charge in [0.15, 0.2) is 0 Å². The number of piperazine rings is 1. The van der Waals surface area contributed by atoms with Gasteiger partial charge in [-0.2, -0.15) is 17.4 Å². The third kappa shape index (κ3) is 3.53. The number of epoxide rings is 1. The molecule has 0 aromatic carbocycles. The lowest BCUT2D eigenvalue weighted by Gasteiger charge is -2.38. The Hall–Kier alpha value is -0.740. The summed E-state index contributed by atoms with van der Waals surface area (Å²) >= 11 is 0. The number of nitrogens with one attached hydrogen (secondary N) is 1. The van der Waals surface area contributed by atoms with E-state index in [4.69, 9.17) is 4.74 Å². The van der Waals surface area contributed by atoms with Crippen molar-refractivity contribution < 1.29 is 23.1 Å². The number of aliphatic carboxylic acids is 1. The molecule has 0 spiro atoms. The van der Waals surface area contributed by atoms with Crippen molar-refractivity contribution in [2.75, 3.05) is 26.2 Å². The van der Waals surface area contributed by atoms with Crippen LogP contribution in [0.15, 0.2) is 0 Å². The van der Waals surface area contributed by atoms with Gasteiger partial charge in [0.1, 0.15) is 11.8 Å². The zero-order valence-corrected chi connectivity index (χ0v) is 14.2. The van der Waals surface area contributed by atoms with Gasteiger partial charge in [-0.1, -0.05) is 19.3 Å². The van der Waals surface area contributed by atoms with E-state index in [1.54, 1.807) is 0 Å². The molecule has 2 aliphatic heterocycles. The van der Waals surface area contributed by atoms with Gasteiger partial charge < -0.3 is 9.84 Å². The second-order valence-electron chi connectivity index (χ2n) is 6.72. The van der Waals surface area contributed by atoms with Crippen LogP contribution in [0.1, 0.15) is 39.0 Å². The van der Waals surface area contributed by atoms with Crippen LogP contribution in [0, 0.1) is 0 Å². The van der Waals surface area contributed by atoms with Crippen LogP contribution in [0.25, 0.3) is 0 Å². The summed E-state index contributed by atoms with van der Waals surface area (Å²) in [7, 11) is -3.79. The molecule has 132 valence electrons. The molecule has 23 heavy (non-hydrogen) atoms. The highest BCUT2D eigenvalue weighted by Crippen LogP contribution is 2.30. The van der Waals surface area contributed by atoms with E-state index in [-0.39, 0.29) is 12.3 Å². The molecule has 2 heterocycles. The quantitative estimate of drug-likeness (QED) is 0.677. The van der Waals surface area contributed by atoms with Crippen LogP contribution >= 0.6 is 0 Å². The number of carbonyl (C=O) groups is 1. The first-order valence-electron chi connectivity index (χ1n) is 8.26. The fourth-order valence-electron chi connectivity index (χ4n) is 3.58. The van der Waals surface area contributed by atoms with Crippen LogP contribution in [0.2, 0.25) is 0 Å². The fraction of sp³-hybridized carbons (Fsp3) is 0.929. The van der Waals surface area contributed by atoms with Gasteiger partial charge >= 0.3 is 5.97 Å². The number of hydrogen-bond acceptors (Lipinski definition) is 5. The highest BCUT2D eigenvalue weighted by atomic mass is 32.2. The largest absolute Gasteiger partial charge is 0.480 e. The molecular formula is C14H25N3O5S. The lowest BCUT2D eigenvalue weighted by atomic mass is 9.83. The van der Waals surface area contributed by atoms with Gasteiger partial charge in [-0.3, -0.25) is 9.69 Å². The number of carboxylic acid groups (broad SMARTS) is 1. The van der Waals surface area contributed by atoms with Crippen molar-refractivity contribution in [2.24, 2.45) is 0 Å². The summed E-state index contributed by atoms with van der Waals surface area (Å²) in [5.41, 5.74) is -1.34. The average molecular weight is 347 g/mol. The van der Waals surface area contributed by atoms with E-state index in [1.165, 1.54) is 4.31 Å². The van der Waals surface area contributed by atoms with Gasteiger partial charge in [-0.25, -0.2) is 0 Å². The zero-order chi connectivity index (χ0) is 16.7. The van der Waals surface area contributed by atoms with E-state index >= 15 is 0 Å². The number of nitrogens with zero attached hydrogens (tertiary/aromatic N) is 2. The molecule has 0 bridgehead atoms. The summed E-state index contributed by atoms with van der Waals surface area (Å²) < 4.78 is 34.5. The van der Waals surface area contributed by atoms with E-state index in [0.29, 0.717) is 39.0 Å². The molecule has 3 fully saturated rings. The van der Waals surface area contributed by atoms with Crippen LogP contribution in [0.3, 0.4) is 0 Å². The first kappa shape index (κ1) is 17.1. The first-order valence-corrected chi connectivity index (χ1v) is 9.70.